The first-order valence-electron chi connectivity index (χ1n) is 12.5. The number of fused-ring (bicyclic) bond motifs is 1. The van der Waals surface area contributed by atoms with Crippen LogP contribution in [0.25, 0.3) is 16.9 Å². The molecule has 2 N–H and O–H groups in total. The molecule has 1 saturated heterocycles. The molecule has 0 atom stereocenters. The van der Waals surface area contributed by atoms with Crippen molar-refractivity contribution in [2.45, 2.75) is 32.6 Å². The summed E-state index contributed by atoms with van der Waals surface area (Å²) in [6, 6.07) is 17.2. The quantitative estimate of drug-likeness (QED) is 0.369. The molecule has 36 heavy (non-hydrogen) atoms. The van der Waals surface area contributed by atoms with Crippen LogP contribution in [0.3, 0.4) is 0 Å². The SMILES string of the molecule is CCOc1ccc(NC(=O)c2cn3nc(-c4ccc(OCC)cc4)cc3nc2C2CCNCC2)cc1. The van der Waals surface area contributed by atoms with Gasteiger partial charge in [-0.3, -0.25) is 4.79 Å². The molecule has 0 unspecified atom stereocenters. The van der Waals surface area contributed by atoms with Crippen molar-refractivity contribution in [2.24, 2.45) is 0 Å². The van der Waals surface area contributed by atoms with Gasteiger partial charge in [-0.25, -0.2) is 9.50 Å². The molecule has 0 radical (unpaired) electrons. The average molecular weight is 486 g/mol. The van der Waals surface area contributed by atoms with Gasteiger partial charge in [0, 0.05) is 29.4 Å². The number of rotatable bonds is 8. The molecule has 0 spiro atoms. The summed E-state index contributed by atoms with van der Waals surface area (Å²) in [5.41, 5.74) is 4.56. The highest BCUT2D eigenvalue weighted by molar-refractivity contribution is 6.05. The fraction of sp³-hybridized carbons (Fsp3) is 0.321. The van der Waals surface area contributed by atoms with Gasteiger partial charge < -0.3 is 20.1 Å². The van der Waals surface area contributed by atoms with Gasteiger partial charge in [0.05, 0.1) is 30.2 Å². The molecule has 5 rings (SSSR count). The van der Waals surface area contributed by atoms with E-state index in [1.54, 1.807) is 4.52 Å². The van der Waals surface area contributed by atoms with Crippen LogP contribution in [-0.2, 0) is 0 Å². The highest BCUT2D eigenvalue weighted by Crippen LogP contribution is 2.29. The van der Waals surface area contributed by atoms with E-state index < -0.39 is 0 Å². The van der Waals surface area contributed by atoms with Crippen molar-refractivity contribution in [1.29, 1.82) is 0 Å². The van der Waals surface area contributed by atoms with Crippen molar-refractivity contribution in [1.82, 2.24) is 19.9 Å². The van der Waals surface area contributed by atoms with Gasteiger partial charge in [0.15, 0.2) is 5.65 Å². The molecule has 8 nitrogen and oxygen atoms in total. The largest absolute Gasteiger partial charge is 0.494 e. The monoisotopic (exact) mass is 485 g/mol. The van der Waals surface area contributed by atoms with E-state index in [2.05, 4.69) is 10.6 Å². The van der Waals surface area contributed by atoms with Crippen LogP contribution in [0.5, 0.6) is 11.5 Å². The second-order valence-corrected chi connectivity index (χ2v) is 8.77. The highest BCUT2D eigenvalue weighted by Gasteiger charge is 2.25. The summed E-state index contributed by atoms with van der Waals surface area (Å²) in [4.78, 5) is 18.4. The lowest BCUT2D eigenvalue weighted by Gasteiger charge is -2.24. The van der Waals surface area contributed by atoms with E-state index in [9.17, 15) is 4.79 Å². The number of nitrogens with zero attached hydrogens (tertiary/aromatic N) is 3. The number of amides is 1. The second-order valence-electron chi connectivity index (χ2n) is 8.77. The summed E-state index contributed by atoms with van der Waals surface area (Å²) < 4.78 is 12.8. The number of carbonyl (C=O) groups is 1. The van der Waals surface area contributed by atoms with Crippen LogP contribution in [0.1, 0.15) is 48.7 Å². The number of nitrogens with one attached hydrogen (secondary N) is 2. The lowest BCUT2D eigenvalue weighted by molar-refractivity contribution is 0.102. The zero-order valence-electron chi connectivity index (χ0n) is 20.7. The zero-order valence-corrected chi connectivity index (χ0v) is 20.7. The predicted octanol–water partition coefficient (Wildman–Crippen LogP) is 4.91. The van der Waals surface area contributed by atoms with Gasteiger partial charge in [-0.2, -0.15) is 5.10 Å². The van der Waals surface area contributed by atoms with Gasteiger partial charge in [0.25, 0.3) is 5.91 Å². The van der Waals surface area contributed by atoms with Crippen molar-refractivity contribution in [2.75, 3.05) is 31.6 Å². The normalized spacial score (nSPS) is 14.1. The van der Waals surface area contributed by atoms with Gasteiger partial charge in [0.2, 0.25) is 0 Å². The molecule has 1 fully saturated rings. The Balaban J connectivity index is 1.48. The van der Waals surface area contributed by atoms with E-state index in [4.69, 9.17) is 19.6 Å². The first-order chi connectivity index (χ1) is 17.6. The number of benzene rings is 2. The van der Waals surface area contributed by atoms with Gasteiger partial charge in [-0.1, -0.05) is 0 Å². The zero-order chi connectivity index (χ0) is 24.9. The van der Waals surface area contributed by atoms with Crippen LogP contribution in [-0.4, -0.2) is 46.8 Å². The van der Waals surface area contributed by atoms with Gasteiger partial charge in [-0.15, -0.1) is 0 Å². The van der Waals surface area contributed by atoms with Crippen LogP contribution < -0.4 is 20.1 Å². The van der Waals surface area contributed by atoms with E-state index >= 15 is 0 Å². The number of aromatic nitrogens is 3. The third kappa shape index (κ3) is 5.18. The standard InChI is InChI=1S/C28H31N5O3/c1-3-35-22-9-5-19(6-10-22)25-17-26-31-27(20-13-15-29-16-14-20)24(18-33(26)32-25)28(34)30-21-7-11-23(12-8-21)36-4-2/h5-12,17-18,20,29H,3-4,13-16H2,1-2H3,(H,30,34). The summed E-state index contributed by atoms with van der Waals surface area (Å²) in [7, 11) is 0. The molecule has 0 saturated carbocycles. The minimum absolute atomic E-state index is 0.194. The smallest absolute Gasteiger partial charge is 0.259 e. The van der Waals surface area contributed by atoms with Gasteiger partial charge in [0.1, 0.15) is 11.5 Å². The fourth-order valence-electron chi connectivity index (χ4n) is 4.55. The minimum atomic E-state index is -0.194. The molecule has 0 aliphatic carbocycles. The number of carbonyl (C=O) groups excluding carboxylic acids is 1. The highest BCUT2D eigenvalue weighted by atomic mass is 16.5. The third-order valence-electron chi connectivity index (χ3n) is 6.33. The average Bonchev–Trinajstić information content (AvgIpc) is 3.33. The molecule has 4 aromatic rings. The maximum atomic E-state index is 13.5. The summed E-state index contributed by atoms with van der Waals surface area (Å²) in [6.45, 7) is 6.95. The first-order valence-corrected chi connectivity index (χ1v) is 12.5. The number of ether oxygens (including phenoxy) is 2. The predicted molar refractivity (Wildman–Crippen MR) is 140 cm³/mol. The van der Waals surface area contributed by atoms with Crippen LogP contribution in [0.2, 0.25) is 0 Å². The molecule has 8 heteroatoms. The maximum Gasteiger partial charge on any atom is 0.259 e. The van der Waals surface area contributed by atoms with Gasteiger partial charge in [-0.05, 0) is 88.3 Å². The van der Waals surface area contributed by atoms with E-state index in [1.807, 2.05) is 74.6 Å². The number of hydrogen-bond donors (Lipinski definition) is 2. The van der Waals surface area contributed by atoms with E-state index in [1.165, 1.54) is 0 Å². The Morgan fingerprint density at radius 1 is 1.00 bits per heavy atom. The van der Waals surface area contributed by atoms with Crippen LogP contribution in [0, 0.1) is 0 Å². The van der Waals surface area contributed by atoms with Crippen molar-refractivity contribution in [3.05, 3.63) is 72.1 Å². The second kappa shape index (κ2) is 10.8. The van der Waals surface area contributed by atoms with Crippen molar-refractivity contribution < 1.29 is 14.3 Å². The number of anilines is 1. The van der Waals surface area contributed by atoms with E-state index in [0.717, 1.165) is 60.0 Å². The Bertz CT molecular complexity index is 1330. The molecule has 1 aliphatic heterocycles. The summed E-state index contributed by atoms with van der Waals surface area (Å²) in [6.07, 6.45) is 3.68. The Kier molecular flexibility index (Phi) is 7.13. The van der Waals surface area contributed by atoms with Crippen LogP contribution >= 0.6 is 0 Å². The van der Waals surface area contributed by atoms with E-state index in [-0.39, 0.29) is 11.8 Å². The van der Waals surface area contributed by atoms with Crippen molar-refractivity contribution >= 4 is 17.2 Å². The molecule has 0 bridgehead atoms. The molecular formula is C28H31N5O3. The summed E-state index contributed by atoms with van der Waals surface area (Å²) in [5, 5.41) is 11.2. The van der Waals surface area contributed by atoms with Crippen molar-refractivity contribution in [3.63, 3.8) is 0 Å². The van der Waals surface area contributed by atoms with Crippen molar-refractivity contribution in [3.8, 4) is 22.8 Å². The molecule has 2 aromatic heterocycles. The topological polar surface area (TPSA) is 89.8 Å². The molecule has 2 aromatic carbocycles. The number of piperidine rings is 1. The van der Waals surface area contributed by atoms with Crippen LogP contribution in [0.15, 0.2) is 60.8 Å². The molecule has 186 valence electrons. The Morgan fingerprint density at radius 3 is 2.28 bits per heavy atom. The summed E-state index contributed by atoms with van der Waals surface area (Å²) in [5.74, 6) is 1.61. The molecule has 1 amide bonds. The minimum Gasteiger partial charge on any atom is -0.494 e. The number of hydrogen-bond acceptors (Lipinski definition) is 6. The lowest BCUT2D eigenvalue weighted by atomic mass is 9.91. The lowest BCUT2D eigenvalue weighted by Crippen LogP contribution is -2.29. The summed E-state index contributed by atoms with van der Waals surface area (Å²) >= 11 is 0. The third-order valence-corrected chi connectivity index (χ3v) is 6.33. The first kappa shape index (κ1) is 23.8. The molecular weight excluding hydrogens is 454 g/mol. The van der Waals surface area contributed by atoms with E-state index in [0.29, 0.717) is 24.5 Å². The van der Waals surface area contributed by atoms with Gasteiger partial charge >= 0.3 is 0 Å². The Hall–Kier alpha value is -3.91. The van der Waals surface area contributed by atoms with Crippen LogP contribution in [0.4, 0.5) is 5.69 Å². The molecule has 1 aliphatic rings. The Morgan fingerprint density at radius 2 is 1.64 bits per heavy atom. The molecule has 3 heterocycles. The fourth-order valence-corrected chi connectivity index (χ4v) is 4.55. The maximum absolute atomic E-state index is 13.5. The Labute approximate surface area is 210 Å².